The largest absolute Gasteiger partial charge is 0.378 e. The van der Waals surface area contributed by atoms with E-state index in [1.807, 2.05) is 0 Å². The Morgan fingerprint density at radius 1 is 1.45 bits per heavy atom. The SMILES string of the molecule is CC1CC(CNC2CC2)CO1. The van der Waals surface area contributed by atoms with Gasteiger partial charge in [0.25, 0.3) is 0 Å². The Bertz CT molecular complexity index is 134. The lowest BCUT2D eigenvalue weighted by Gasteiger charge is -2.07. The first-order valence-electron chi connectivity index (χ1n) is 4.69. The van der Waals surface area contributed by atoms with Gasteiger partial charge in [-0.1, -0.05) is 0 Å². The quantitative estimate of drug-likeness (QED) is 0.660. The maximum Gasteiger partial charge on any atom is 0.0551 e. The zero-order valence-corrected chi connectivity index (χ0v) is 7.18. The minimum Gasteiger partial charge on any atom is -0.378 e. The van der Waals surface area contributed by atoms with Crippen molar-refractivity contribution >= 4 is 0 Å². The fraction of sp³-hybridized carbons (Fsp3) is 1.00. The highest BCUT2D eigenvalue weighted by Gasteiger charge is 2.25. The monoisotopic (exact) mass is 155 g/mol. The van der Waals surface area contributed by atoms with E-state index in [9.17, 15) is 0 Å². The molecule has 64 valence electrons. The molecule has 1 aliphatic carbocycles. The van der Waals surface area contributed by atoms with Crippen molar-refractivity contribution in [2.24, 2.45) is 5.92 Å². The lowest BCUT2D eigenvalue weighted by Crippen LogP contribution is -2.24. The van der Waals surface area contributed by atoms with Gasteiger partial charge in [-0.05, 0) is 32.1 Å². The maximum absolute atomic E-state index is 5.48. The fourth-order valence-corrected chi connectivity index (χ4v) is 1.67. The molecule has 0 aromatic rings. The normalized spacial score (nSPS) is 37.9. The Hall–Kier alpha value is -0.0800. The van der Waals surface area contributed by atoms with Gasteiger partial charge >= 0.3 is 0 Å². The van der Waals surface area contributed by atoms with Crippen LogP contribution in [0.5, 0.6) is 0 Å². The molecule has 0 aromatic heterocycles. The van der Waals surface area contributed by atoms with Crippen LogP contribution in [0.3, 0.4) is 0 Å². The molecule has 0 spiro atoms. The van der Waals surface area contributed by atoms with Crippen LogP contribution < -0.4 is 5.32 Å². The van der Waals surface area contributed by atoms with Gasteiger partial charge in [0.05, 0.1) is 12.7 Å². The van der Waals surface area contributed by atoms with E-state index < -0.39 is 0 Å². The summed E-state index contributed by atoms with van der Waals surface area (Å²) in [6.45, 7) is 4.31. The van der Waals surface area contributed by atoms with Crippen LogP contribution in [0.4, 0.5) is 0 Å². The van der Waals surface area contributed by atoms with E-state index in [4.69, 9.17) is 4.74 Å². The van der Waals surface area contributed by atoms with E-state index in [-0.39, 0.29) is 0 Å². The van der Waals surface area contributed by atoms with Crippen molar-refractivity contribution in [2.45, 2.75) is 38.3 Å². The lowest BCUT2D eigenvalue weighted by molar-refractivity contribution is 0.120. The molecule has 1 aliphatic heterocycles. The number of hydrogen-bond acceptors (Lipinski definition) is 2. The van der Waals surface area contributed by atoms with Gasteiger partial charge < -0.3 is 10.1 Å². The van der Waals surface area contributed by atoms with E-state index in [2.05, 4.69) is 12.2 Å². The van der Waals surface area contributed by atoms with E-state index >= 15 is 0 Å². The first kappa shape index (κ1) is 7.56. The van der Waals surface area contributed by atoms with Crippen molar-refractivity contribution < 1.29 is 4.74 Å². The van der Waals surface area contributed by atoms with Crippen molar-refractivity contribution in [3.8, 4) is 0 Å². The van der Waals surface area contributed by atoms with Crippen LogP contribution in [0.2, 0.25) is 0 Å². The fourth-order valence-electron chi connectivity index (χ4n) is 1.67. The molecule has 2 nitrogen and oxygen atoms in total. The van der Waals surface area contributed by atoms with Gasteiger partial charge in [-0.15, -0.1) is 0 Å². The van der Waals surface area contributed by atoms with Crippen LogP contribution in [0, 0.1) is 5.92 Å². The molecule has 11 heavy (non-hydrogen) atoms. The summed E-state index contributed by atoms with van der Waals surface area (Å²) in [4.78, 5) is 0. The molecule has 2 heteroatoms. The van der Waals surface area contributed by atoms with Crippen molar-refractivity contribution in [3.63, 3.8) is 0 Å². The second-order valence-electron chi connectivity index (χ2n) is 3.93. The summed E-state index contributed by atoms with van der Waals surface area (Å²) in [5.74, 6) is 0.783. The zero-order valence-electron chi connectivity index (χ0n) is 7.18. The third-order valence-corrected chi connectivity index (χ3v) is 2.55. The maximum atomic E-state index is 5.48. The van der Waals surface area contributed by atoms with Gasteiger partial charge in [0.15, 0.2) is 0 Å². The molecule has 2 unspecified atom stereocenters. The molecule has 0 radical (unpaired) electrons. The van der Waals surface area contributed by atoms with Gasteiger partial charge in [0.1, 0.15) is 0 Å². The summed E-state index contributed by atoms with van der Waals surface area (Å²) >= 11 is 0. The van der Waals surface area contributed by atoms with E-state index in [0.29, 0.717) is 6.10 Å². The van der Waals surface area contributed by atoms with E-state index in [0.717, 1.165) is 18.6 Å². The molecule has 0 bridgehead atoms. The molecule has 2 atom stereocenters. The minimum absolute atomic E-state index is 0.501. The molecule has 1 saturated heterocycles. The van der Waals surface area contributed by atoms with Gasteiger partial charge in [0, 0.05) is 12.6 Å². The van der Waals surface area contributed by atoms with Gasteiger partial charge in [0.2, 0.25) is 0 Å². The van der Waals surface area contributed by atoms with Crippen LogP contribution in [-0.4, -0.2) is 25.3 Å². The van der Waals surface area contributed by atoms with Crippen molar-refractivity contribution in [1.29, 1.82) is 0 Å². The summed E-state index contributed by atoms with van der Waals surface area (Å²) in [6.07, 6.45) is 4.53. The van der Waals surface area contributed by atoms with Gasteiger partial charge in [-0.25, -0.2) is 0 Å². The van der Waals surface area contributed by atoms with Crippen LogP contribution in [0.1, 0.15) is 26.2 Å². The topological polar surface area (TPSA) is 21.3 Å². The summed E-state index contributed by atoms with van der Waals surface area (Å²) in [5.41, 5.74) is 0. The second kappa shape index (κ2) is 3.11. The predicted molar refractivity (Wildman–Crippen MR) is 44.5 cm³/mol. The number of ether oxygens (including phenoxy) is 1. The molecular weight excluding hydrogens is 138 g/mol. The zero-order chi connectivity index (χ0) is 7.68. The number of hydrogen-bond donors (Lipinski definition) is 1. The first-order chi connectivity index (χ1) is 5.34. The Balaban J connectivity index is 1.62. The van der Waals surface area contributed by atoms with Crippen LogP contribution >= 0.6 is 0 Å². The molecule has 0 aromatic carbocycles. The van der Waals surface area contributed by atoms with Crippen molar-refractivity contribution in [1.82, 2.24) is 5.32 Å². The Kier molecular flexibility index (Phi) is 2.14. The van der Waals surface area contributed by atoms with Crippen LogP contribution in [-0.2, 0) is 4.74 Å². The highest BCUT2D eigenvalue weighted by atomic mass is 16.5. The van der Waals surface area contributed by atoms with Crippen molar-refractivity contribution in [3.05, 3.63) is 0 Å². The third-order valence-electron chi connectivity index (χ3n) is 2.55. The van der Waals surface area contributed by atoms with Gasteiger partial charge in [-0.2, -0.15) is 0 Å². The first-order valence-corrected chi connectivity index (χ1v) is 4.69. The number of rotatable bonds is 3. The average Bonchev–Trinajstić information content (AvgIpc) is 2.72. The second-order valence-corrected chi connectivity index (χ2v) is 3.93. The van der Waals surface area contributed by atoms with E-state index in [1.165, 1.54) is 25.8 Å². The molecule has 2 rings (SSSR count). The van der Waals surface area contributed by atoms with E-state index in [1.54, 1.807) is 0 Å². The summed E-state index contributed by atoms with van der Waals surface area (Å²) in [6, 6.07) is 0.853. The molecule has 0 amide bonds. The molecule has 1 N–H and O–H groups in total. The highest BCUT2D eigenvalue weighted by molar-refractivity contribution is 4.83. The minimum atomic E-state index is 0.501. The van der Waals surface area contributed by atoms with Gasteiger partial charge in [-0.3, -0.25) is 0 Å². The smallest absolute Gasteiger partial charge is 0.0551 e. The van der Waals surface area contributed by atoms with Crippen LogP contribution in [0.25, 0.3) is 0 Å². The molecule has 1 heterocycles. The predicted octanol–water partition coefficient (Wildman–Crippen LogP) is 1.16. The highest BCUT2D eigenvalue weighted by Crippen LogP contribution is 2.22. The molecular formula is C9H17NO. The number of nitrogens with one attached hydrogen (secondary N) is 1. The summed E-state index contributed by atoms with van der Waals surface area (Å²) < 4.78 is 5.48. The molecule has 2 aliphatic rings. The molecule has 2 fully saturated rings. The Morgan fingerprint density at radius 3 is 2.82 bits per heavy atom. The van der Waals surface area contributed by atoms with Crippen LogP contribution in [0.15, 0.2) is 0 Å². The Labute approximate surface area is 68.3 Å². The summed E-state index contributed by atoms with van der Waals surface area (Å²) in [7, 11) is 0. The molecule has 1 saturated carbocycles. The van der Waals surface area contributed by atoms with Crippen molar-refractivity contribution in [2.75, 3.05) is 13.2 Å². The third kappa shape index (κ3) is 2.17. The lowest BCUT2D eigenvalue weighted by atomic mass is 10.1. The standard InChI is InChI=1S/C9H17NO/c1-7-4-8(6-11-7)5-10-9-2-3-9/h7-10H,2-6H2,1H3. The Morgan fingerprint density at radius 2 is 2.27 bits per heavy atom. The summed E-state index contributed by atoms with van der Waals surface area (Å²) in [5, 5.41) is 3.54. The average molecular weight is 155 g/mol.